The van der Waals surface area contributed by atoms with Gasteiger partial charge in [0, 0.05) is 12.6 Å². The molecule has 1 aliphatic rings. The van der Waals surface area contributed by atoms with Crippen LogP contribution in [0, 0.1) is 11.2 Å². The van der Waals surface area contributed by atoms with Crippen LogP contribution in [0.2, 0.25) is 0 Å². The third kappa shape index (κ3) is 3.51. The number of hydrogen-bond donors (Lipinski definition) is 2. The van der Waals surface area contributed by atoms with Gasteiger partial charge in [-0.1, -0.05) is 12.5 Å². The SMILES string of the molecule is CC(Oc1cccc(F)c1)C(=O)NCC1(C(=O)O)CCC1. The number of benzene rings is 1. The van der Waals surface area contributed by atoms with Crippen LogP contribution in [0.5, 0.6) is 5.75 Å². The topological polar surface area (TPSA) is 75.6 Å². The maximum Gasteiger partial charge on any atom is 0.311 e. The molecule has 5 nitrogen and oxygen atoms in total. The van der Waals surface area contributed by atoms with Gasteiger partial charge in [-0.05, 0) is 31.9 Å². The van der Waals surface area contributed by atoms with Crippen molar-refractivity contribution in [2.45, 2.75) is 32.3 Å². The first-order valence-corrected chi connectivity index (χ1v) is 6.86. The van der Waals surface area contributed by atoms with Gasteiger partial charge in [0.1, 0.15) is 11.6 Å². The van der Waals surface area contributed by atoms with E-state index in [4.69, 9.17) is 4.74 Å². The lowest BCUT2D eigenvalue weighted by Crippen LogP contribution is -2.49. The first-order valence-electron chi connectivity index (χ1n) is 6.86. The van der Waals surface area contributed by atoms with Crippen molar-refractivity contribution in [1.82, 2.24) is 5.32 Å². The molecule has 1 fully saturated rings. The Bertz CT molecular complexity index is 542. The fourth-order valence-corrected chi connectivity index (χ4v) is 2.27. The summed E-state index contributed by atoms with van der Waals surface area (Å²) in [5, 5.41) is 11.8. The maximum absolute atomic E-state index is 13.0. The Hall–Kier alpha value is -2.11. The lowest BCUT2D eigenvalue weighted by Gasteiger charge is -2.37. The normalized spacial score (nSPS) is 17.4. The summed E-state index contributed by atoms with van der Waals surface area (Å²) in [4.78, 5) is 23.1. The number of amides is 1. The molecule has 1 atom stereocenters. The van der Waals surface area contributed by atoms with Gasteiger partial charge < -0.3 is 15.2 Å². The number of halogens is 1. The summed E-state index contributed by atoms with van der Waals surface area (Å²) >= 11 is 0. The standard InChI is InChI=1S/C15H18FNO4/c1-10(21-12-5-2-4-11(16)8-12)13(18)17-9-15(14(19)20)6-3-7-15/h2,4-5,8,10H,3,6-7,9H2,1H3,(H,17,18)(H,19,20). The smallest absolute Gasteiger partial charge is 0.311 e. The number of carbonyl (C=O) groups excluding carboxylic acids is 1. The molecule has 1 aromatic rings. The lowest BCUT2D eigenvalue weighted by atomic mass is 9.69. The molecule has 21 heavy (non-hydrogen) atoms. The number of carboxylic acids is 1. The Kier molecular flexibility index (Phi) is 4.45. The van der Waals surface area contributed by atoms with Crippen LogP contribution < -0.4 is 10.1 Å². The first kappa shape index (κ1) is 15.3. The van der Waals surface area contributed by atoms with E-state index in [1.165, 1.54) is 25.1 Å². The molecule has 1 amide bonds. The van der Waals surface area contributed by atoms with Gasteiger partial charge in [-0.15, -0.1) is 0 Å². The van der Waals surface area contributed by atoms with E-state index in [9.17, 15) is 19.1 Å². The van der Waals surface area contributed by atoms with Gasteiger partial charge in [0.05, 0.1) is 5.41 Å². The fourth-order valence-electron chi connectivity index (χ4n) is 2.27. The van der Waals surface area contributed by atoms with Crippen LogP contribution in [0.3, 0.4) is 0 Å². The van der Waals surface area contributed by atoms with Gasteiger partial charge in [-0.3, -0.25) is 9.59 Å². The molecule has 0 aliphatic heterocycles. The largest absolute Gasteiger partial charge is 0.481 e. The van der Waals surface area contributed by atoms with Crippen LogP contribution in [-0.4, -0.2) is 29.6 Å². The van der Waals surface area contributed by atoms with E-state index < -0.39 is 29.2 Å². The molecule has 0 saturated heterocycles. The molecular formula is C15H18FNO4. The van der Waals surface area contributed by atoms with Crippen LogP contribution in [0.1, 0.15) is 26.2 Å². The van der Waals surface area contributed by atoms with E-state index in [-0.39, 0.29) is 12.3 Å². The van der Waals surface area contributed by atoms with Crippen molar-refractivity contribution in [2.24, 2.45) is 5.41 Å². The predicted octanol–water partition coefficient (Wildman–Crippen LogP) is 1.96. The zero-order valence-electron chi connectivity index (χ0n) is 11.8. The van der Waals surface area contributed by atoms with E-state index in [0.717, 1.165) is 6.42 Å². The number of carboxylic acid groups (broad SMARTS) is 1. The number of hydrogen-bond acceptors (Lipinski definition) is 3. The highest BCUT2D eigenvalue weighted by molar-refractivity contribution is 5.82. The summed E-state index contributed by atoms with van der Waals surface area (Å²) in [7, 11) is 0. The quantitative estimate of drug-likeness (QED) is 0.841. The molecular weight excluding hydrogens is 277 g/mol. The molecule has 1 aliphatic carbocycles. The van der Waals surface area contributed by atoms with E-state index in [0.29, 0.717) is 12.8 Å². The van der Waals surface area contributed by atoms with Crippen LogP contribution >= 0.6 is 0 Å². The minimum absolute atomic E-state index is 0.0953. The van der Waals surface area contributed by atoms with Crippen LogP contribution in [0.15, 0.2) is 24.3 Å². The Morgan fingerprint density at radius 3 is 2.71 bits per heavy atom. The minimum Gasteiger partial charge on any atom is -0.481 e. The summed E-state index contributed by atoms with van der Waals surface area (Å²) in [6.45, 7) is 1.63. The van der Waals surface area contributed by atoms with Crippen LogP contribution in [-0.2, 0) is 9.59 Å². The molecule has 0 radical (unpaired) electrons. The molecule has 2 N–H and O–H groups in total. The van der Waals surface area contributed by atoms with Gasteiger partial charge in [0.25, 0.3) is 5.91 Å². The van der Waals surface area contributed by atoms with E-state index in [2.05, 4.69) is 5.32 Å². The third-order valence-electron chi connectivity index (χ3n) is 3.84. The predicted molar refractivity (Wildman–Crippen MR) is 73.4 cm³/mol. The molecule has 0 bridgehead atoms. The molecule has 2 rings (SSSR count). The van der Waals surface area contributed by atoms with Crippen molar-refractivity contribution in [1.29, 1.82) is 0 Å². The Morgan fingerprint density at radius 2 is 2.19 bits per heavy atom. The second-order valence-electron chi connectivity index (χ2n) is 5.37. The van der Waals surface area contributed by atoms with Crippen molar-refractivity contribution in [3.63, 3.8) is 0 Å². The average Bonchev–Trinajstić information content (AvgIpc) is 2.36. The first-order chi connectivity index (χ1) is 9.93. The molecule has 1 aromatic carbocycles. The van der Waals surface area contributed by atoms with E-state index >= 15 is 0 Å². The number of rotatable bonds is 6. The molecule has 114 valence electrons. The summed E-state index contributed by atoms with van der Waals surface area (Å²) in [5.41, 5.74) is -0.839. The number of ether oxygens (including phenoxy) is 1. The molecule has 6 heteroatoms. The Morgan fingerprint density at radius 1 is 1.48 bits per heavy atom. The molecule has 1 unspecified atom stereocenters. The monoisotopic (exact) mass is 295 g/mol. The van der Waals surface area contributed by atoms with Gasteiger partial charge in [-0.25, -0.2) is 4.39 Å². The molecule has 1 saturated carbocycles. The third-order valence-corrected chi connectivity index (χ3v) is 3.84. The van der Waals surface area contributed by atoms with Gasteiger partial charge in [-0.2, -0.15) is 0 Å². The van der Waals surface area contributed by atoms with Crippen LogP contribution in [0.4, 0.5) is 4.39 Å². The van der Waals surface area contributed by atoms with E-state index in [1.54, 1.807) is 6.07 Å². The highest BCUT2D eigenvalue weighted by Crippen LogP contribution is 2.40. The molecule has 0 heterocycles. The van der Waals surface area contributed by atoms with Crippen molar-refractivity contribution in [2.75, 3.05) is 6.54 Å². The van der Waals surface area contributed by atoms with Crippen molar-refractivity contribution >= 4 is 11.9 Å². The van der Waals surface area contributed by atoms with Gasteiger partial charge in [0.2, 0.25) is 0 Å². The molecule has 0 spiro atoms. The number of aliphatic carboxylic acids is 1. The summed E-state index contributed by atoms with van der Waals surface area (Å²) in [6, 6.07) is 5.51. The maximum atomic E-state index is 13.0. The average molecular weight is 295 g/mol. The Labute approximate surface area is 122 Å². The Balaban J connectivity index is 1.87. The number of carbonyl (C=O) groups is 2. The van der Waals surface area contributed by atoms with Crippen LogP contribution in [0.25, 0.3) is 0 Å². The van der Waals surface area contributed by atoms with E-state index in [1.807, 2.05) is 0 Å². The fraction of sp³-hybridized carbons (Fsp3) is 0.467. The van der Waals surface area contributed by atoms with Crippen molar-refractivity contribution in [3.05, 3.63) is 30.1 Å². The summed E-state index contributed by atoms with van der Waals surface area (Å²) in [5.74, 6) is -1.48. The second-order valence-corrected chi connectivity index (χ2v) is 5.37. The van der Waals surface area contributed by atoms with Gasteiger partial charge in [0.15, 0.2) is 6.10 Å². The van der Waals surface area contributed by atoms with Gasteiger partial charge >= 0.3 is 5.97 Å². The van der Waals surface area contributed by atoms with Crippen molar-refractivity contribution in [3.8, 4) is 5.75 Å². The van der Waals surface area contributed by atoms with Crippen molar-refractivity contribution < 1.29 is 23.8 Å². The second kappa shape index (κ2) is 6.11. The summed E-state index contributed by atoms with van der Waals surface area (Å²) < 4.78 is 18.4. The summed E-state index contributed by atoms with van der Waals surface area (Å²) in [6.07, 6.45) is 1.18. The highest BCUT2D eigenvalue weighted by Gasteiger charge is 2.44. The number of nitrogens with one attached hydrogen (secondary N) is 1. The highest BCUT2D eigenvalue weighted by atomic mass is 19.1. The zero-order chi connectivity index (χ0) is 15.5. The minimum atomic E-state index is -0.882. The zero-order valence-corrected chi connectivity index (χ0v) is 11.8. The lowest BCUT2D eigenvalue weighted by molar-refractivity contribution is -0.154. The molecule has 0 aromatic heterocycles.